The number of hydrogen-bond donors (Lipinski definition) is 3. The summed E-state index contributed by atoms with van der Waals surface area (Å²) in [6, 6.07) is 33.6. The van der Waals surface area contributed by atoms with Gasteiger partial charge in [0.25, 0.3) is 11.8 Å². The molecule has 0 bridgehead atoms. The molecule has 0 radical (unpaired) electrons. The highest BCUT2D eigenvalue weighted by Crippen LogP contribution is 2.42. The topological polar surface area (TPSA) is 137 Å². The lowest BCUT2D eigenvalue weighted by molar-refractivity contribution is -0.695. The Morgan fingerprint density at radius 3 is 2.13 bits per heavy atom. The first-order valence-electron chi connectivity index (χ1n) is 16.8. The van der Waals surface area contributed by atoms with Crippen molar-refractivity contribution in [3.8, 4) is 0 Å². The van der Waals surface area contributed by atoms with E-state index in [0.717, 1.165) is 38.6 Å². The van der Waals surface area contributed by atoms with Crippen LogP contribution in [0.2, 0.25) is 0 Å². The van der Waals surface area contributed by atoms with Crippen molar-refractivity contribution in [3.05, 3.63) is 160 Å². The summed E-state index contributed by atoms with van der Waals surface area (Å²) in [7, 11) is 0. The maximum atomic E-state index is 13.8. The van der Waals surface area contributed by atoms with Gasteiger partial charge in [0.2, 0.25) is 0 Å². The van der Waals surface area contributed by atoms with Gasteiger partial charge >= 0.3 is 12.6 Å². The number of thiazole rings is 1. The van der Waals surface area contributed by atoms with E-state index in [1.54, 1.807) is 0 Å². The molecule has 7 rings (SSSR count). The van der Waals surface area contributed by atoms with Crippen LogP contribution in [-0.4, -0.2) is 62.3 Å². The molecule has 0 saturated carbocycles. The Balaban J connectivity index is 1.17. The van der Waals surface area contributed by atoms with Crippen LogP contribution in [0.3, 0.4) is 0 Å². The molecule has 15 heteroatoms. The summed E-state index contributed by atoms with van der Waals surface area (Å²) in [5.74, 6) is -2.63. The molecule has 1 saturated heterocycles. The summed E-state index contributed by atoms with van der Waals surface area (Å²) in [5.41, 5.74) is 2.34. The molecule has 2 aliphatic rings. The van der Waals surface area contributed by atoms with E-state index >= 15 is 0 Å². The van der Waals surface area contributed by atoms with Crippen LogP contribution in [0, 0.1) is 6.92 Å². The van der Waals surface area contributed by atoms with Crippen molar-refractivity contribution in [2.45, 2.75) is 37.0 Å². The minimum absolute atomic E-state index is 0.0766. The zero-order valence-corrected chi connectivity index (χ0v) is 30.3. The largest absolute Gasteiger partial charge is 0.477 e. The monoisotopic (exact) mass is 767 g/mol. The normalized spacial score (nSPS) is 17.1. The van der Waals surface area contributed by atoms with E-state index in [0.29, 0.717) is 10.7 Å². The molecule has 3 N–H and O–H groups in total. The van der Waals surface area contributed by atoms with Crippen LogP contribution in [-0.2, 0) is 31.3 Å². The van der Waals surface area contributed by atoms with Crippen molar-refractivity contribution in [1.29, 1.82) is 0 Å². The summed E-state index contributed by atoms with van der Waals surface area (Å²) >= 11 is 2.42. The molecule has 2 aromatic heterocycles. The maximum Gasteiger partial charge on any atom is 0.407 e. The Morgan fingerprint density at radius 1 is 0.981 bits per heavy atom. The number of nitrogens with zero attached hydrogens (tertiary/aromatic N) is 4. The van der Waals surface area contributed by atoms with Gasteiger partial charge in [-0.3, -0.25) is 14.5 Å². The van der Waals surface area contributed by atoms with Gasteiger partial charge in [-0.1, -0.05) is 102 Å². The number of β-lactam (4-membered cyclic amide) rings is 1. The second-order valence-electron chi connectivity index (χ2n) is 12.4. The van der Waals surface area contributed by atoms with Crippen LogP contribution in [0.1, 0.15) is 28.1 Å². The number of thioether (sulfide) groups is 1. The lowest BCUT2D eigenvalue weighted by atomic mass is 9.77. The number of aromatic nitrogens is 2. The van der Waals surface area contributed by atoms with Gasteiger partial charge in [-0.05, 0) is 16.7 Å². The number of alkyl halides is 2. The fraction of sp³-hybridized carbons (Fsp3) is 0.179. The Hall–Kier alpha value is -5.93. The number of oxime groups is 1. The van der Waals surface area contributed by atoms with Gasteiger partial charge in [-0.25, -0.2) is 9.78 Å². The van der Waals surface area contributed by atoms with Crippen molar-refractivity contribution in [3.63, 3.8) is 0 Å². The number of fused-ring (bicyclic) bond motifs is 1. The van der Waals surface area contributed by atoms with E-state index in [1.165, 1.54) is 17.1 Å². The molecule has 4 heterocycles. The van der Waals surface area contributed by atoms with Crippen LogP contribution in [0.15, 0.2) is 137 Å². The number of aliphatic carboxylic acids is 1. The molecule has 0 spiro atoms. The second-order valence-corrected chi connectivity index (χ2v) is 14.4. The molecular weight excluding hydrogens is 735 g/mol. The molecule has 1 fully saturated rings. The third-order valence-corrected chi connectivity index (χ3v) is 11.3. The Kier molecular flexibility index (Phi) is 10.5. The Labute approximate surface area is 317 Å². The van der Waals surface area contributed by atoms with Crippen molar-refractivity contribution < 1.29 is 37.7 Å². The number of carbonyl (C=O) groups excluding carboxylic acids is 2. The van der Waals surface area contributed by atoms with E-state index < -0.39 is 47.1 Å². The lowest BCUT2D eigenvalue weighted by Crippen LogP contribution is -2.71. The van der Waals surface area contributed by atoms with Crippen LogP contribution >= 0.6 is 23.1 Å². The maximum absolute atomic E-state index is 13.8. The van der Waals surface area contributed by atoms with E-state index in [-0.39, 0.29) is 23.7 Å². The Bertz CT molecular complexity index is 2140. The first kappa shape index (κ1) is 36.4. The average molecular weight is 768 g/mol. The number of aryl methyl sites for hydroxylation is 1. The number of hydrogen-bond acceptors (Lipinski definition) is 9. The van der Waals surface area contributed by atoms with Gasteiger partial charge in [-0.2, -0.15) is 13.3 Å². The quantitative estimate of drug-likeness (QED) is 0.0469. The smallest absolute Gasteiger partial charge is 0.407 e. The van der Waals surface area contributed by atoms with Crippen molar-refractivity contribution in [1.82, 2.24) is 15.2 Å². The number of carboxylic acids is 1. The molecule has 1 unspecified atom stereocenters. The number of anilines is 1. The molecule has 0 aliphatic carbocycles. The highest BCUT2D eigenvalue weighted by Gasteiger charge is 2.55. The van der Waals surface area contributed by atoms with Crippen LogP contribution in [0.4, 0.5) is 13.9 Å². The SMILES string of the molecule is Cc1cccc[n+]1CC1=C(C(=O)O)N2C(=O)C(NC(=O)C(=NOC(F)F)c3csc(NC(c4ccccc4)(c4ccccc4)c4ccccc4)n3)[C@H]2SC1. The molecule has 3 aromatic carbocycles. The van der Waals surface area contributed by atoms with Gasteiger partial charge < -0.3 is 20.6 Å². The summed E-state index contributed by atoms with van der Waals surface area (Å²) in [5, 5.41) is 20.8. The van der Waals surface area contributed by atoms with Crippen LogP contribution in [0.25, 0.3) is 0 Å². The molecular formula is C39H33F2N6O5S2+. The van der Waals surface area contributed by atoms with E-state index in [2.05, 4.69) is 25.6 Å². The van der Waals surface area contributed by atoms with Crippen molar-refractivity contribution >= 4 is 51.7 Å². The summed E-state index contributed by atoms with van der Waals surface area (Å²) in [6.45, 7) is -1.19. The standard InChI is InChI=1S/C39H32F2N6O5S2/c1-24-13-11-12-20-46(24)21-25-22-53-35-31(34(49)47(35)32(25)36(50)51)43-33(48)30(45-52-37(40)41)29-23-54-38(42-29)44-39(26-14-5-2-6-15-26,27-16-7-3-8-17-27)28-18-9-4-10-19-28/h2-20,23,31,35,37H,21-22H2,1H3,(H2-,42,43,44,48,50,51)/p+1/t31?,35-/m1/s1. The van der Waals surface area contributed by atoms with Gasteiger partial charge in [0, 0.05) is 35.8 Å². The van der Waals surface area contributed by atoms with E-state index in [4.69, 9.17) is 0 Å². The minimum Gasteiger partial charge on any atom is -0.477 e. The van der Waals surface area contributed by atoms with Crippen molar-refractivity contribution in [2.24, 2.45) is 5.16 Å². The summed E-state index contributed by atoms with van der Waals surface area (Å²) in [4.78, 5) is 49.7. The average Bonchev–Trinajstić information content (AvgIpc) is 3.65. The highest BCUT2D eigenvalue weighted by molar-refractivity contribution is 8.00. The number of benzene rings is 3. The molecule has 2 amide bonds. The second kappa shape index (κ2) is 15.6. The van der Waals surface area contributed by atoms with Gasteiger partial charge in [-0.15, -0.1) is 23.1 Å². The number of halogens is 2. The third kappa shape index (κ3) is 7.07. The van der Waals surface area contributed by atoms with Crippen molar-refractivity contribution in [2.75, 3.05) is 11.1 Å². The molecule has 2 aliphatic heterocycles. The van der Waals surface area contributed by atoms with Crippen LogP contribution in [0.5, 0.6) is 0 Å². The molecule has 274 valence electrons. The van der Waals surface area contributed by atoms with Gasteiger partial charge in [0.1, 0.15) is 28.3 Å². The predicted molar refractivity (Wildman–Crippen MR) is 200 cm³/mol. The first-order chi connectivity index (χ1) is 26.2. The number of rotatable bonds is 13. The third-order valence-electron chi connectivity index (χ3n) is 9.17. The van der Waals surface area contributed by atoms with E-state index in [1.807, 2.05) is 127 Å². The van der Waals surface area contributed by atoms with Gasteiger partial charge in [0.15, 0.2) is 29.3 Å². The molecule has 2 atom stereocenters. The Morgan fingerprint density at radius 2 is 1.57 bits per heavy atom. The summed E-state index contributed by atoms with van der Waals surface area (Å²) in [6.07, 6.45) is 1.83. The minimum atomic E-state index is -3.34. The number of pyridine rings is 1. The predicted octanol–water partition coefficient (Wildman–Crippen LogP) is 5.53. The molecule has 54 heavy (non-hydrogen) atoms. The zero-order chi connectivity index (χ0) is 37.8. The zero-order valence-electron chi connectivity index (χ0n) is 28.6. The fourth-order valence-electron chi connectivity index (χ4n) is 6.64. The molecule has 11 nitrogen and oxygen atoms in total. The number of carbonyl (C=O) groups is 3. The number of nitrogens with one attached hydrogen (secondary N) is 2. The first-order valence-corrected chi connectivity index (χ1v) is 18.7. The fourth-order valence-corrected chi connectivity index (χ4v) is 8.72. The number of carboxylic acid groups (broad SMARTS) is 1. The van der Waals surface area contributed by atoms with Gasteiger partial charge in [0.05, 0.1) is 0 Å². The van der Waals surface area contributed by atoms with E-state index in [9.17, 15) is 28.3 Å². The molecule has 5 aromatic rings. The highest BCUT2D eigenvalue weighted by atomic mass is 32.2. The van der Waals surface area contributed by atoms with Crippen LogP contribution < -0.4 is 15.2 Å². The lowest BCUT2D eigenvalue weighted by Gasteiger charge is -2.49. The number of amides is 2. The summed E-state index contributed by atoms with van der Waals surface area (Å²) < 4.78 is 28.5.